The van der Waals surface area contributed by atoms with Gasteiger partial charge in [0.1, 0.15) is 0 Å². The predicted molar refractivity (Wildman–Crippen MR) is 67.7 cm³/mol. The molecule has 21 heavy (non-hydrogen) atoms. The number of anilines is 1. The van der Waals surface area contributed by atoms with Crippen LogP contribution < -0.4 is 5.06 Å². The van der Waals surface area contributed by atoms with Crippen LogP contribution in [0.3, 0.4) is 0 Å². The maximum atomic E-state index is 11.0. The van der Waals surface area contributed by atoms with Crippen molar-refractivity contribution >= 4 is 17.6 Å². The second-order valence-corrected chi connectivity index (χ2v) is 4.57. The van der Waals surface area contributed by atoms with E-state index in [4.69, 9.17) is 10.2 Å². The largest absolute Gasteiger partial charge is 0.480 e. The SMILES string of the molecule is O=C(O)c1cn(-c2ccc3c(c2)N(O)C(C(=O)O)C3)nn1. The molecule has 0 saturated heterocycles. The molecule has 9 nitrogen and oxygen atoms in total. The Hall–Kier alpha value is -2.94. The van der Waals surface area contributed by atoms with Gasteiger partial charge in [-0.2, -0.15) is 0 Å². The molecule has 2 heterocycles. The third-order valence-corrected chi connectivity index (χ3v) is 3.29. The molecule has 0 fully saturated rings. The van der Waals surface area contributed by atoms with Crippen LogP contribution in [0.2, 0.25) is 0 Å². The molecule has 9 heteroatoms. The number of hydrogen-bond donors (Lipinski definition) is 3. The topological polar surface area (TPSA) is 129 Å². The van der Waals surface area contributed by atoms with Gasteiger partial charge in [0.2, 0.25) is 0 Å². The first-order valence-electron chi connectivity index (χ1n) is 5.97. The summed E-state index contributed by atoms with van der Waals surface area (Å²) in [5.74, 6) is -2.32. The summed E-state index contributed by atoms with van der Waals surface area (Å²) in [5, 5.41) is 35.6. The van der Waals surface area contributed by atoms with Crippen LogP contribution in [-0.2, 0) is 11.2 Å². The number of nitrogens with zero attached hydrogens (tertiary/aromatic N) is 4. The lowest BCUT2D eigenvalue weighted by molar-refractivity contribution is -0.139. The summed E-state index contributed by atoms with van der Waals surface area (Å²) >= 11 is 0. The van der Waals surface area contributed by atoms with Crippen LogP contribution in [0, 0.1) is 0 Å². The molecule has 1 unspecified atom stereocenters. The van der Waals surface area contributed by atoms with E-state index in [0.29, 0.717) is 22.0 Å². The molecule has 2 aromatic rings. The van der Waals surface area contributed by atoms with Crippen molar-refractivity contribution in [3.05, 3.63) is 35.7 Å². The third kappa shape index (κ3) is 2.09. The van der Waals surface area contributed by atoms with Crippen LogP contribution in [-0.4, -0.2) is 48.4 Å². The van der Waals surface area contributed by atoms with E-state index in [2.05, 4.69) is 10.3 Å². The molecule has 0 bridgehead atoms. The number of aromatic nitrogens is 3. The highest BCUT2D eigenvalue weighted by Gasteiger charge is 2.34. The van der Waals surface area contributed by atoms with Crippen LogP contribution >= 0.6 is 0 Å². The summed E-state index contributed by atoms with van der Waals surface area (Å²) in [7, 11) is 0. The normalized spacial score (nSPS) is 16.8. The number of carboxylic acids is 2. The molecule has 3 rings (SSSR count). The zero-order valence-electron chi connectivity index (χ0n) is 10.5. The van der Waals surface area contributed by atoms with E-state index in [1.807, 2.05) is 0 Å². The number of rotatable bonds is 3. The standard InChI is InChI=1S/C12H10N4O5/c17-11(18)8-5-15(14-13-8)7-2-1-6-3-10(12(19)20)16(21)9(6)4-7/h1-2,4-5,10,21H,3H2,(H,17,18)(H,19,20). The van der Waals surface area contributed by atoms with Crippen molar-refractivity contribution in [2.75, 3.05) is 5.06 Å². The van der Waals surface area contributed by atoms with Crippen molar-refractivity contribution in [2.24, 2.45) is 0 Å². The summed E-state index contributed by atoms with van der Waals surface area (Å²) in [5.41, 5.74) is 1.30. The minimum absolute atomic E-state index is 0.194. The smallest absolute Gasteiger partial charge is 0.358 e. The Balaban J connectivity index is 1.97. The van der Waals surface area contributed by atoms with Gasteiger partial charge >= 0.3 is 11.9 Å². The molecular weight excluding hydrogens is 280 g/mol. The number of hydroxylamine groups is 1. The fraction of sp³-hybridized carbons (Fsp3) is 0.167. The van der Waals surface area contributed by atoms with Crippen molar-refractivity contribution < 1.29 is 25.0 Å². The Morgan fingerprint density at radius 3 is 2.67 bits per heavy atom. The number of carboxylic acid groups (broad SMARTS) is 2. The molecule has 0 radical (unpaired) electrons. The maximum Gasteiger partial charge on any atom is 0.358 e. The Morgan fingerprint density at radius 1 is 1.29 bits per heavy atom. The van der Waals surface area contributed by atoms with Gasteiger partial charge in [-0.25, -0.2) is 19.3 Å². The average molecular weight is 290 g/mol. The number of aromatic carboxylic acids is 1. The number of carbonyl (C=O) groups is 2. The van der Waals surface area contributed by atoms with Gasteiger partial charge in [0.15, 0.2) is 11.7 Å². The Bertz CT molecular complexity index is 741. The zero-order valence-corrected chi connectivity index (χ0v) is 10.5. The van der Waals surface area contributed by atoms with Crippen LogP contribution in [0.5, 0.6) is 0 Å². The second kappa shape index (κ2) is 4.56. The quantitative estimate of drug-likeness (QED) is 0.729. The summed E-state index contributed by atoms with van der Waals surface area (Å²) in [6.45, 7) is 0. The average Bonchev–Trinajstić information content (AvgIpc) is 3.04. The van der Waals surface area contributed by atoms with Gasteiger partial charge in [-0.05, 0) is 17.7 Å². The fourth-order valence-electron chi connectivity index (χ4n) is 2.22. The van der Waals surface area contributed by atoms with E-state index in [1.165, 1.54) is 16.9 Å². The zero-order chi connectivity index (χ0) is 15.1. The predicted octanol–water partition coefficient (Wildman–Crippen LogP) is 0.170. The maximum absolute atomic E-state index is 11.0. The summed E-state index contributed by atoms with van der Waals surface area (Å²) in [4.78, 5) is 21.8. The minimum atomic E-state index is -1.20. The van der Waals surface area contributed by atoms with Crippen LogP contribution in [0.15, 0.2) is 24.4 Å². The van der Waals surface area contributed by atoms with Gasteiger partial charge in [0.05, 0.1) is 17.6 Å². The van der Waals surface area contributed by atoms with E-state index in [0.717, 1.165) is 0 Å². The molecule has 1 aromatic carbocycles. The van der Waals surface area contributed by atoms with Gasteiger partial charge in [-0.3, -0.25) is 5.21 Å². The van der Waals surface area contributed by atoms with Crippen molar-refractivity contribution in [3.63, 3.8) is 0 Å². The highest BCUT2D eigenvalue weighted by atomic mass is 16.5. The van der Waals surface area contributed by atoms with Gasteiger partial charge in [0, 0.05) is 6.42 Å². The molecule has 0 amide bonds. The molecule has 3 N–H and O–H groups in total. The molecule has 1 aromatic heterocycles. The highest BCUT2D eigenvalue weighted by Crippen LogP contribution is 2.32. The van der Waals surface area contributed by atoms with Gasteiger partial charge in [-0.1, -0.05) is 11.3 Å². The number of hydrogen-bond acceptors (Lipinski definition) is 6. The van der Waals surface area contributed by atoms with E-state index in [9.17, 15) is 14.8 Å². The van der Waals surface area contributed by atoms with E-state index in [-0.39, 0.29) is 12.1 Å². The summed E-state index contributed by atoms with van der Waals surface area (Å²) < 4.78 is 1.24. The van der Waals surface area contributed by atoms with Crippen molar-refractivity contribution in [1.29, 1.82) is 0 Å². The van der Waals surface area contributed by atoms with Crippen molar-refractivity contribution in [1.82, 2.24) is 15.0 Å². The molecular formula is C12H10N4O5. The van der Waals surface area contributed by atoms with Gasteiger partial charge < -0.3 is 10.2 Å². The van der Waals surface area contributed by atoms with E-state index >= 15 is 0 Å². The van der Waals surface area contributed by atoms with Crippen molar-refractivity contribution in [3.8, 4) is 5.69 Å². The lowest BCUT2D eigenvalue weighted by atomic mass is 10.1. The second-order valence-electron chi connectivity index (χ2n) is 4.57. The molecule has 1 aliphatic heterocycles. The summed E-state index contributed by atoms with van der Waals surface area (Å²) in [6, 6.07) is 3.81. The Labute approximate surface area is 117 Å². The highest BCUT2D eigenvalue weighted by molar-refractivity contribution is 5.85. The van der Waals surface area contributed by atoms with Crippen LogP contribution in [0.4, 0.5) is 5.69 Å². The third-order valence-electron chi connectivity index (χ3n) is 3.29. The minimum Gasteiger partial charge on any atom is -0.480 e. The van der Waals surface area contributed by atoms with E-state index in [1.54, 1.807) is 12.1 Å². The monoisotopic (exact) mass is 290 g/mol. The van der Waals surface area contributed by atoms with Gasteiger partial charge in [-0.15, -0.1) is 5.10 Å². The van der Waals surface area contributed by atoms with Crippen LogP contribution in [0.1, 0.15) is 16.1 Å². The summed E-state index contributed by atoms with van der Waals surface area (Å²) in [6.07, 6.45) is 1.43. The van der Waals surface area contributed by atoms with E-state index < -0.39 is 18.0 Å². The number of benzene rings is 1. The number of fused-ring (bicyclic) bond motifs is 1. The van der Waals surface area contributed by atoms with Crippen molar-refractivity contribution in [2.45, 2.75) is 12.5 Å². The Morgan fingerprint density at radius 2 is 2.05 bits per heavy atom. The lowest BCUT2D eigenvalue weighted by Gasteiger charge is -2.16. The molecule has 0 spiro atoms. The van der Waals surface area contributed by atoms with Gasteiger partial charge in [0.25, 0.3) is 0 Å². The molecule has 1 atom stereocenters. The number of aliphatic carboxylic acids is 1. The first-order valence-corrected chi connectivity index (χ1v) is 5.97. The van der Waals surface area contributed by atoms with Crippen LogP contribution in [0.25, 0.3) is 5.69 Å². The molecule has 0 saturated carbocycles. The Kier molecular flexibility index (Phi) is 2.84. The molecule has 1 aliphatic rings. The first kappa shape index (κ1) is 13.1. The molecule has 0 aliphatic carbocycles. The first-order chi connectivity index (χ1) is 9.97. The lowest BCUT2D eigenvalue weighted by Crippen LogP contribution is -2.35. The molecule has 108 valence electrons. The fourth-order valence-corrected chi connectivity index (χ4v) is 2.22.